The van der Waals surface area contributed by atoms with Crippen LogP contribution < -0.4 is 5.32 Å². The standard InChI is InChI=1S/C13H22N2O4/c1-9(2)12(16)14-11-8-10(15-19-11)13(3,4)18-7-6-17-5/h8-9H,6-7H2,1-5H3,(H,14,16). The van der Waals surface area contributed by atoms with E-state index >= 15 is 0 Å². The minimum Gasteiger partial charge on any atom is -0.382 e. The van der Waals surface area contributed by atoms with Crippen LogP contribution in [0.15, 0.2) is 10.6 Å². The summed E-state index contributed by atoms with van der Waals surface area (Å²) in [4.78, 5) is 11.5. The molecule has 1 heterocycles. The molecular weight excluding hydrogens is 248 g/mol. The Hall–Kier alpha value is -1.40. The summed E-state index contributed by atoms with van der Waals surface area (Å²) in [6, 6.07) is 1.67. The highest BCUT2D eigenvalue weighted by molar-refractivity contribution is 5.90. The van der Waals surface area contributed by atoms with Crippen molar-refractivity contribution >= 4 is 11.8 Å². The summed E-state index contributed by atoms with van der Waals surface area (Å²) in [6.07, 6.45) is 0. The van der Waals surface area contributed by atoms with E-state index in [1.807, 2.05) is 27.7 Å². The minimum atomic E-state index is -0.594. The molecule has 0 aliphatic rings. The van der Waals surface area contributed by atoms with Crippen LogP contribution in [0.4, 0.5) is 5.88 Å². The Kier molecular flexibility index (Phi) is 5.50. The summed E-state index contributed by atoms with van der Waals surface area (Å²) in [5, 5.41) is 6.58. The molecule has 1 aromatic heterocycles. The van der Waals surface area contributed by atoms with Crippen molar-refractivity contribution < 1.29 is 18.8 Å². The van der Waals surface area contributed by atoms with E-state index < -0.39 is 5.60 Å². The highest BCUT2D eigenvalue weighted by atomic mass is 16.5. The normalized spacial score (nSPS) is 11.9. The van der Waals surface area contributed by atoms with Gasteiger partial charge in [-0.05, 0) is 13.8 Å². The van der Waals surface area contributed by atoms with Gasteiger partial charge in [0, 0.05) is 19.1 Å². The summed E-state index contributed by atoms with van der Waals surface area (Å²) in [7, 11) is 1.62. The summed E-state index contributed by atoms with van der Waals surface area (Å²) in [5.74, 6) is 0.109. The Balaban J connectivity index is 2.64. The third-order valence-corrected chi connectivity index (χ3v) is 2.65. The first-order valence-corrected chi connectivity index (χ1v) is 6.27. The van der Waals surface area contributed by atoms with Gasteiger partial charge in [-0.2, -0.15) is 0 Å². The zero-order valence-electron chi connectivity index (χ0n) is 12.1. The van der Waals surface area contributed by atoms with Gasteiger partial charge in [0.05, 0.1) is 13.2 Å². The van der Waals surface area contributed by atoms with Crippen molar-refractivity contribution in [3.8, 4) is 0 Å². The molecule has 108 valence electrons. The molecule has 0 fully saturated rings. The number of rotatable bonds is 7. The molecule has 0 radical (unpaired) electrons. The second-order valence-electron chi connectivity index (χ2n) is 5.07. The fraction of sp³-hybridized carbons (Fsp3) is 0.692. The molecule has 0 atom stereocenters. The van der Waals surface area contributed by atoms with Crippen molar-refractivity contribution in [1.82, 2.24) is 5.16 Å². The first kappa shape index (κ1) is 15.7. The molecule has 0 spiro atoms. The fourth-order valence-electron chi connectivity index (χ4n) is 1.34. The van der Waals surface area contributed by atoms with E-state index in [1.165, 1.54) is 0 Å². The van der Waals surface area contributed by atoms with Crippen LogP contribution >= 0.6 is 0 Å². The van der Waals surface area contributed by atoms with E-state index in [1.54, 1.807) is 13.2 Å². The second-order valence-corrected chi connectivity index (χ2v) is 5.07. The molecule has 1 N–H and O–H groups in total. The Morgan fingerprint density at radius 1 is 1.47 bits per heavy atom. The van der Waals surface area contributed by atoms with Crippen molar-refractivity contribution in [3.63, 3.8) is 0 Å². The first-order valence-electron chi connectivity index (χ1n) is 6.27. The zero-order chi connectivity index (χ0) is 14.5. The number of anilines is 1. The predicted octanol–water partition coefficient (Wildman–Crippen LogP) is 2.17. The van der Waals surface area contributed by atoms with Crippen LogP contribution in [0.3, 0.4) is 0 Å². The van der Waals surface area contributed by atoms with Crippen molar-refractivity contribution in [2.45, 2.75) is 33.3 Å². The average Bonchev–Trinajstić information content (AvgIpc) is 2.78. The van der Waals surface area contributed by atoms with Crippen LogP contribution in [-0.4, -0.2) is 31.4 Å². The molecule has 1 amide bonds. The highest BCUT2D eigenvalue weighted by Gasteiger charge is 2.26. The van der Waals surface area contributed by atoms with E-state index in [0.717, 1.165) is 0 Å². The number of carbonyl (C=O) groups excluding carboxylic acids is 1. The maximum Gasteiger partial charge on any atom is 0.231 e. The smallest absolute Gasteiger partial charge is 0.231 e. The SMILES string of the molecule is COCCOC(C)(C)c1cc(NC(=O)C(C)C)on1. The lowest BCUT2D eigenvalue weighted by Gasteiger charge is -2.22. The molecule has 0 aromatic carbocycles. The van der Waals surface area contributed by atoms with Gasteiger partial charge >= 0.3 is 0 Å². The lowest BCUT2D eigenvalue weighted by atomic mass is 10.1. The molecule has 0 saturated carbocycles. The number of aromatic nitrogens is 1. The molecular formula is C13H22N2O4. The highest BCUT2D eigenvalue weighted by Crippen LogP contribution is 2.26. The molecule has 1 aromatic rings. The summed E-state index contributed by atoms with van der Waals surface area (Å²) in [6.45, 7) is 8.36. The maximum atomic E-state index is 11.5. The molecule has 6 nitrogen and oxygen atoms in total. The maximum absolute atomic E-state index is 11.5. The third kappa shape index (κ3) is 4.65. The van der Waals surface area contributed by atoms with Crippen molar-refractivity contribution in [1.29, 1.82) is 0 Å². The molecule has 0 bridgehead atoms. The number of amides is 1. The fourth-order valence-corrected chi connectivity index (χ4v) is 1.34. The quantitative estimate of drug-likeness (QED) is 0.769. The van der Waals surface area contributed by atoms with E-state index in [2.05, 4.69) is 10.5 Å². The lowest BCUT2D eigenvalue weighted by molar-refractivity contribution is -0.119. The Morgan fingerprint density at radius 2 is 2.16 bits per heavy atom. The Labute approximate surface area is 113 Å². The number of nitrogens with zero attached hydrogens (tertiary/aromatic N) is 1. The minimum absolute atomic E-state index is 0.110. The summed E-state index contributed by atoms with van der Waals surface area (Å²) < 4.78 is 15.7. The van der Waals surface area contributed by atoms with Gasteiger partial charge in [-0.15, -0.1) is 0 Å². The van der Waals surface area contributed by atoms with Crippen LogP contribution in [0.25, 0.3) is 0 Å². The van der Waals surface area contributed by atoms with Crippen molar-refractivity contribution in [2.75, 3.05) is 25.6 Å². The van der Waals surface area contributed by atoms with Gasteiger partial charge in [0.1, 0.15) is 11.3 Å². The Bertz CT molecular complexity index is 413. The van der Waals surface area contributed by atoms with Crippen LogP contribution in [0.1, 0.15) is 33.4 Å². The number of methoxy groups -OCH3 is 1. The summed E-state index contributed by atoms with van der Waals surface area (Å²) >= 11 is 0. The van der Waals surface area contributed by atoms with E-state index in [4.69, 9.17) is 14.0 Å². The average molecular weight is 270 g/mol. The first-order chi connectivity index (χ1) is 8.86. The number of carbonyl (C=O) groups is 1. The molecule has 0 aliphatic carbocycles. The second kappa shape index (κ2) is 6.68. The molecule has 1 rings (SSSR count). The van der Waals surface area contributed by atoms with Crippen molar-refractivity contribution in [2.24, 2.45) is 5.92 Å². The van der Waals surface area contributed by atoms with E-state index in [-0.39, 0.29) is 11.8 Å². The van der Waals surface area contributed by atoms with Gasteiger partial charge in [-0.25, -0.2) is 0 Å². The summed E-state index contributed by atoms with van der Waals surface area (Å²) in [5.41, 5.74) is 0.0331. The van der Waals surface area contributed by atoms with Gasteiger partial charge in [0.25, 0.3) is 0 Å². The predicted molar refractivity (Wildman–Crippen MR) is 70.8 cm³/mol. The van der Waals surface area contributed by atoms with Crippen LogP contribution in [0.2, 0.25) is 0 Å². The van der Waals surface area contributed by atoms with Gasteiger partial charge in [-0.3, -0.25) is 10.1 Å². The number of ether oxygens (including phenoxy) is 2. The van der Waals surface area contributed by atoms with Gasteiger partial charge in [0.2, 0.25) is 11.8 Å². The topological polar surface area (TPSA) is 73.6 Å². The third-order valence-electron chi connectivity index (χ3n) is 2.65. The molecule has 0 aliphatic heterocycles. The van der Waals surface area contributed by atoms with Gasteiger partial charge in [-0.1, -0.05) is 19.0 Å². The molecule has 6 heteroatoms. The largest absolute Gasteiger partial charge is 0.382 e. The lowest BCUT2D eigenvalue weighted by Crippen LogP contribution is -2.24. The number of hydrogen-bond donors (Lipinski definition) is 1. The zero-order valence-corrected chi connectivity index (χ0v) is 12.1. The van der Waals surface area contributed by atoms with Gasteiger partial charge in [0.15, 0.2) is 0 Å². The number of nitrogens with one attached hydrogen (secondary N) is 1. The van der Waals surface area contributed by atoms with Crippen LogP contribution in [0, 0.1) is 5.92 Å². The monoisotopic (exact) mass is 270 g/mol. The Morgan fingerprint density at radius 3 is 2.74 bits per heavy atom. The van der Waals surface area contributed by atoms with E-state index in [0.29, 0.717) is 24.8 Å². The number of hydrogen-bond acceptors (Lipinski definition) is 5. The van der Waals surface area contributed by atoms with E-state index in [9.17, 15) is 4.79 Å². The van der Waals surface area contributed by atoms with Crippen LogP contribution in [-0.2, 0) is 19.9 Å². The van der Waals surface area contributed by atoms with Gasteiger partial charge < -0.3 is 14.0 Å². The molecule has 0 saturated heterocycles. The molecule has 19 heavy (non-hydrogen) atoms. The van der Waals surface area contributed by atoms with Crippen LogP contribution in [0.5, 0.6) is 0 Å². The molecule has 0 unspecified atom stereocenters. The van der Waals surface area contributed by atoms with Crippen molar-refractivity contribution in [3.05, 3.63) is 11.8 Å².